The monoisotopic (exact) mass is 274 g/mol. The van der Waals surface area contributed by atoms with Crippen molar-refractivity contribution in [3.8, 4) is 5.75 Å². The summed E-state index contributed by atoms with van der Waals surface area (Å²) in [6.45, 7) is 0.524. The van der Waals surface area contributed by atoms with Gasteiger partial charge >= 0.3 is 0 Å². The van der Waals surface area contributed by atoms with E-state index < -0.39 is 0 Å². The van der Waals surface area contributed by atoms with Crippen LogP contribution in [-0.4, -0.2) is 11.7 Å². The first kappa shape index (κ1) is 13.6. The Kier molecular flexibility index (Phi) is 4.99. The number of halogens is 1. The van der Waals surface area contributed by atoms with E-state index in [1.165, 1.54) is 0 Å². The first-order valence-electron chi connectivity index (χ1n) is 6.15. The summed E-state index contributed by atoms with van der Waals surface area (Å²) in [5.74, 6) is 1.17. The van der Waals surface area contributed by atoms with E-state index in [0.717, 1.165) is 11.3 Å². The molecular formula is C16H15ClO2. The van der Waals surface area contributed by atoms with Crippen molar-refractivity contribution in [2.75, 3.05) is 5.88 Å². The van der Waals surface area contributed by atoms with Crippen molar-refractivity contribution in [3.63, 3.8) is 0 Å². The molecule has 19 heavy (non-hydrogen) atoms. The fraction of sp³-hybridized carbons (Fsp3) is 0.188. The Morgan fingerprint density at radius 1 is 1.00 bits per heavy atom. The van der Waals surface area contributed by atoms with Gasteiger partial charge in [0.2, 0.25) is 0 Å². The number of hydrogen-bond acceptors (Lipinski definition) is 2. The Morgan fingerprint density at radius 2 is 1.68 bits per heavy atom. The summed E-state index contributed by atoms with van der Waals surface area (Å²) < 4.78 is 5.65. The molecule has 0 unspecified atom stereocenters. The van der Waals surface area contributed by atoms with E-state index in [-0.39, 0.29) is 5.78 Å². The van der Waals surface area contributed by atoms with Crippen molar-refractivity contribution in [3.05, 3.63) is 65.7 Å². The second kappa shape index (κ2) is 6.95. The van der Waals surface area contributed by atoms with Crippen LogP contribution in [0.3, 0.4) is 0 Å². The van der Waals surface area contributed by atoms with Gasteiger partial charge in [-0.2, -0.15) is 0 Å². The summed E-state index contributed by atoms with van der Waals surface area (Å²) >= 11 is 5.55. The van der Waals surface area contributed by atoms with Gasteiger partial charge in [0.15, 0.2) is 5.78 Å². The summed E-state index contributed by atoms with van der Waals surface area (Å²) in [5.41, 5.74) is 1.79. The molecule has 0 N–H and O–H groups in total. The van der Waals surface area contributed by atoms with Crippen molar-refractivity contribution >= 4 is 17.4 Å². The Balaban J connectivity index is 1.94. The second-order valence-corrected chi connectivity index (χ2v) is 4.54. The van der Waals surface area contributed by atoms with Crippen LogP contribution >= 0.6 is 11.6 Å². The van der Waals surface area contributed by atoms with E-state index in [2.05, 4.69) is 0 Å². The third-order valence-corrected chi connectivity index (χ3v) is 2.94. The fourth-order valence-electron chi connectivity index (χ4n) is 1.71. The molecule has 0 spiro atoms. The van der Waals surface area contributed by atoms with Crippen LogP contribution in [0.2, 0.25) is 0 Å². The molecule has 0 saturated heterocycles. The largest absolute Gasteiger partial charge is 0.489 e. The normalized spacial score (nSPS) is 10.2. The number of Topliss-reactive ketones (excluding diaryl/α,β-unsaturated/α-hetero) is 1. The minimum Gasteiger partial charge on any atom is -0.489 e. The van der Waals surface area contributed by atoms with Gasteiger partial charge in [-0.25, -0.2) is 0 Å². The molecular weight excluding hydrogens is 260 g/mol. The number of rotatable bonds is 6. The van der Waals surface area contributed by atoms with Gasteiger partial charge in [-0.05, 0) is 29.8 Å². The molecule has 3 heteroatoms. The van der Waals surface area contributed by atoms with Crippen molar-refractivity contribution in [2.45, 2.75) is 13.0 Å². The van der Waals surface area contributed by atoms with E-state index in [1.807, 2.05) is 42.5 Å². The average Bonchev–Trinajstić information content (AvgIpc) is 2.47. The minimum atomic E-state index is 0.0598. The van der Waals surface area contributed by atoms with Gasteiger partial charge in [-0.15, -0.1) is 11.6 Å². The lowest BCUT2D eigenvalue weighted by molar-refractivity contribution is 0.0989. The predicted octanol–water partition coefficient (Wildman–Crippen LogP) is 4.08. The SMILES string of the molecule is O=C(CCCl)c1ccc(OCc2ccccc2)cc1. The first-order chi connectivity index (χ1) is 9.29. The molecule has 0 aliphatic carbocycles. The first-order valence-corrected chi connectivity index (χ1v) is 6.69. The van der Waals surface area contributed by atoms with Crippen LogP contribution in [0.5, 0.6) is 5.75 Å². The third kappa shape index (κ3) is 4.11. The Hall–Kier alpha value is -1.80. The summed E-state index contributed by atoms with van der Waals surface area (Å²) in [4.78, 5) is 11.6. The highest BCUT2D eigenvalue weighted by molar-refractivity contribution is 6.19. The van der Waals surface area contributed by atoms with Gasteiger partial charge in [0.1, 0.15) is 12.4 Å². The lowest BCUT2D eigenvalue weighted by Gasteiger charge is -2.07. The van der Waals surface area contributed by atoms with E-state index in [0.29, 0.717) is 24.5 Å². The lowest BCUT2D eigenvalue weighted by atomic mass is 10.1. The molecule has 0 amide bonds. The highest BCUT2D eigenvalue weighted by Gasteiger charge is 2.04. The van der Waals surface area contributed by atoms with Gasteiger partial charge in [0, 0.05) is 17.9 Å². The Labute approximate surface area is 118 Å². The maximum absolute atomic E-state index is 11.6. The zero-order valence-electron chi connectivity index (χ0n) is 10.5. The molecule has 0 aliphatic heterocycles. The number of benzene rings is 2. The van der Waals surface area contributed by atoms with Gasteiger partial charge in [0.25, 0.3) is 0 Å². The molecule has 0 fully saturated rings. The summed E-state index contributed by atoms with van der Waals surface area (Å²) in [6.07, 6.45) is 0.367. The van der Waals surface area contributed by atoms with Crippen molar-refractivity contribution in [1.29, 1.82) is 0 Å². The molecule has 0 atom stereocenters. The Morgan fingerprint density at radius 3 is 2.32 bits per heavy atom. The van der Waals surface area contributed by atoms with Crippen LogP contribution in [0.25, 0.3) is 0 Å². The van der Waals surface area contributed by atoms with Crippen LogP contribution in [0, 0.1) is 0 Å². The van der Waals surface area contributed by atoms with E-state index in [4.69, 9.17) is 16.3 Å². The molecule has 98 valence electrons. The smallest absolute Gasteiger partial charge is 0.164 e. The van der Waals surface area contributed by atoms with Crippen LogP contribution in [-0.2, 0) is 6.61 Å². The highest BCUT2D eigenvalue weighted by atomic mass is 35.5. The quantitative estimate of drug-likeness (QED) is 0.586. The topological polar surface area (TPSA) is 26.3 Å². The maximum atomic E-state index is 11.6. The van der Waals surface area contributed by atoms with Gasteiger partial charge in [-0.1, -0.05) is 30.3 Å². The maximum Gasteiger partial charge on any atom is 0.164 e. The zero-order valence-corrected chi connectivity index (χ0v) is 11.3. The zero-order chi connectivity index (χ0) is 13.5. The number of alkyl halides is 1. The van der Waals surface area contributed by atoms with E-state index >= 15 is 0 Å². The van der Waals surface area contributed by atoms with Crippen LogP contribution in [0.1, 0.15) is 22.3 Å². The number of carbonyl (C=O) groups is 1. The van der Waals surface area contributed by atoms with Crippen LogP contribution in [0.4, 0.5) is 0 Å². The fourth-order valence-corrected chi connectivity index (χ4v) is 1.88. The summed E-state index contributed by atoms with van der Waals surface area (Å²) in [5, 5.41) is 0. The molecule has 2 nitrogen and oxygen atoms in total. The molecule has 0 aliphatic rings. The van der Waals surface area contributed by atoms with E-state index in [9.17, 15) is 4.79 Å². The standard InChI is InChI=1S/C16H15ClO2/c17-11-10-16(18)14-6-8-15(9-7-14)19-12-13-4-2-1-3-5-13/h1-9H,10-12H2. The Bertz CT molecular complexity index is 520. The molecule has 0 bridgehead atoms. The van der Waals surface area contributed by atoms with Gasteiger partial charge < -0.3 is 4.74 Å². The van der Waals surface area contributed by atoms with Crippen LogP contribution < -0.4 is 4.74 Å². The molecule has 2 aromatic carbocycles. The number of carbonyl (C=O) groups excluding carboxylic acids is 1. The predicted molar refractivity (Wildman–Crippen MR) is 76.9 cm³/mol. The number of hydrogen-bond donors (Lipinski definition) is 0. The third-order valence-electron chi connectivity index (χ3n) is 2.75. The molecule has 0 radical (unpaired) electrons. The lowest BCUT2D eigenvalue weighted by Crippen LogP contribution is -2.00. The van der Waals surface area contributed by atoms with Gasteiger partial charge in [0.05, 0.1) is 0 Å². The summed E-state index contributed by atoms with van der Waals surface area (Å²) in [6, 6.07) is 17.1. The molecule has 2 aromatic rings. The van der Waals surface area contributed by atoms with Crippen LogP contribution in [0.15, 0.2) is 54.6 Å². The molecule has 2 rings (SSSR count). The highest BCUT2D eigenvalue weighted by Crippen LogP contribution is 2.15. The van der Waals surface area contributed by atoms with Crippen molar-refractivity contribution in [1.82, 2.24) is 0 Å². The van der Waals surface area contributed by atoms with E-state index in [1.54, 1.807) is 12.1 Å². The minimum absolute atomic E-state index is 0.0598. The van der Waals surface area contributed by atoms with Crippen molar-refractivity contribution in [2.24, 2.45) is 0 Å². The average molecular weight is 275 g/mol. The molecule has 0 aromatic heterocycles. The number of ether oxygens (including phenoxy) is 1. The summed E-state index contributed by atoms with van der Waals surface area (Å²) in [7, 11) is 0. The number of ketones is 1. The van der Waals surface area contributed by atoms with Crippen molar-refractivity contribution < 1.29 is 9.53 Å². The molecule has 0 saturated carbocycles. The molecule has 0 heterocycles. The van der Waals surface area contributed by atoms with Gasteiger partial charge in [-0.3, -0.25) is 4.79 Å². The second-order valence-electron chi connectivity index (χ2n) is 4.16.